The van der Waals surface area contributed by atoms with Gasteiger partial charge in [0, 0.05) is 24.3 Å². The molecule has 1 aromatic rings. The Morgan fingerprint density at radius 2 is 2.21 bits per heavy atom. The number of allylic oxidation sites excluding steroid dienone is 1. The van der Waals surface area contributed by atoms with Gasteiger partial charge in [-0.3, -0.25) is 9.98 Å². The molecule has 0 aromatic carbocycles. The standard InChI is InChI=1S/C14H14N4O/c19-14-11(17-12(18-14)8-3-4-8)6-9-7-16-13-10(9)2-1-5-15-13/h1-2,5-8,10,13,19H,3-4H2,(H,17,18). The number of imidazole rings is 1. The lowest BCUT2D eigenvalue weighted by Gasteiger charge is -2.13. The second-order valence-corrected chi connectivity index (χ2v) is 5.18. The van der Waals surface area contributed by atoms with E-state index in [0.717, 1.165) is 24.2 Å². The molecule has 1 aliphatic carbocycles. The van der Waals surface area contributed by atoms with Crippen molar-refractivity contribution in [3.8, 4) is 5.88 Å². The highest BCUT2D eigenvalue weighted by Gasteiger charge is 2.29. The summed E-state index contributed by atoms with van der Waals surface area (Å²) in [6.07, 6.45) is 11.8. The topological polar surface area (TPSA) is 73.6 Å². The molecular formula is C14H14N4O. The maximum absolute atomic E-state index is 9.89. The quantitative estimate of drug-likeness (QED) is 0.847. The van der Waals surface area contributed by atoms with E-state index in [1.54, 1.807) is 6.21 Å². The summed E-state index contributed by atoms with van der Waals surface area (Å²) in [4.78, 5) is 16.1. The fraction of sp³-hybridized carbons (Fsp3) is 0.357. The predicted octanol–water partition coefficient (Wildman–Crippen LogP) is 2.04. The smallest absolute Gasteiger partial charge is 0.237 e. The number of aliphatic imine (C=N–C) groups is 2. The van der Waals surface area contributed by atoms with Gasteiger partial charge in [0.1, 0.15) is 17.7 Å². The molecule has 5 heteroatoms. The summed E-state index contributed by atoms with van der Waals surface area (Å²) in [6.45, 7) is 0. The van der Waals surface area contributed by atoms with E-state index >= 15 is 0 Å². The first kappa shape index (κ1) is 10.7. The van der Waals surface area contributed by atoms with Gasteiger partial charge in [0.2, 0.25) is 5.88 Å². The van der Waals surface area contributed by atoms with E-state index < -0.39 is 0 Å². The molecule has 0 spiro atoms. The molecule has 2 aliphatic heterocycles. The number of hydrogen-bond acceptors (Lipinski definition) is 4. The lowest BCUT2D eigenvalue weighted by Crippen LogP contribution is -2.13. The van der Waals surface area contributed by atoms with Gasteiger partial charge in [-0.2, -0.15) is 4.98 Å². The number of fused-ring (bicyclic) bond motifs is 1. The van der Waals surface area contributed by atoms with Gasteiger partial charge in [0.05, 0.1) is 0 Å². The summed E-state index contributed by atoms with van der Waals surface area (Å²) in [5, 5.41) is 9.89. The van der Waals surface area contributed by atoms with Crippen molar-refractivity contribution in [3.63, 3.8) is 0 Å². The van der Waals surface area contributed by atoms with Crippen LogP contribution in [0.5, 0.6) is 5.88 Å². The van der Waals surface area contributed by atoms with E-state index in [1.165, 1.54) is 0 Å². The third-order valence-electron chi connectivity index (χ3n) is 3.73. The molecule has 2 atom stereocenters. The Kier molecular flexibility index (Phi) is 2.21. The fourth-order valence-corrected chi connectivity index (χ4v) is 2.51. The molecule has 3 heterocycles. The lowest BCUT2D eigenvalue weighted by atomic mass is 9.97. The highest BCUT2D eigenvalue weighted by molar-refractivity contribution is 5.90. The van der Waals surface area contributed by atoms with Crippen LogP contribution in [0.2, 0.25) is 0 Å². The Bertz CT molecular complexity index is 634. The van der Waals surface area contributed by atoms with Crippen molar-refractivity contribution in [1.29, 1.82) is 0 Å². The Labute approximate surface area is 110 Å². The SMILES string of the molecule is Oc1nc(C2CC2)[nH]c1C=C1C=NC2N=CC=CC12. The summed E-state index contributed by atoms with van der Waals surface area (Å²) < 4.78 is 0. The number of aromatic hydroxyl groups is 1. The Morgan fingerprint density at radius 1 is 1.32 bits per heavy atom. The van der Waals surface area contributed by atoms with Gasteiger partial charge in [0.15, 0.2) is 0 Å². The largest absolute Gasteiger partial charge is 0.492 e. The molecule has 1 aromatic heterocycles. The number of rotatable bonds is 2. The first-order valence-electron chi connectivity index (χ1n) is 6.55. The van der Waals surface area contributed by atoms with Crippen LogP contribution in [0, 0.1) is 5.92 Å². The highest BCUT2D eigenvalue weighted by atomic mass is 16.3. The molecule has 96 valence electrons. The zero-order valence-corrected chi connectivity index (χ0v) is 10.3. The zero-order chi connectivity index (χ0) is 12.8. The number of nitrogens with one attached hydrogen (secondary N) is 1. The van der Waals surface area contributed by atoms with Crippen LogP contribution in [0.3, 0.4) is 0 Å². The average molecular weight is 254 g/mol. The van der Waals surface area contributed by atoms with Gasteiger partial charge in [-0.25, -0.2) is 0 Å². The van der Waals surface area contributed by atoms with Gasteiger partial charge < -0.3 is 10.1 Å². The van der Waals surface area contributed by atoms with Crippen LogP contribution in [0.25, 0.3) is 6.08 Å². The van der Waals surface area contributed by atoms with E-state index in [0.29, 0.717) is 11.6 Å². The van der Waals surface area contributed by atoms with Crippen molar-refractivity contribution in [2.45, 2.75) is 24.9 Å². The minimum absolute atomic E-state index is 0.0378. The lowest BCUT2D eigenvalue weighted by molar-refractivity contribution is 0.454. The summed E-state index contributed by atoms with van der Waals surface area (Å²) in [7, 11) is 0. The summed E-state index contributed by atoms with van der Waals surface area (Å²) in [5.41, 5.74) is 1.73. The molecule has 5 nitrogen and oxygen atoms in total. The number of H-pyrrole nitrogens is 1. The average Bonchev–Trinajstić information content (AvgIpc) is 3.11. The van der Waals surface area contributed by atoms with Crippen LogP contribution in [0.4, 0.5) is 0 Å². The molecule has 0 amide bonds. The molecule has 1 fully saturated rings. The van der Waals surface area contributed by atoms with Crippen LogP contribution in [0.1, 0.15) is 30.3 Å². The van der Waals surface area contributed by atoms with Gasteiger partial charge in [0.25, 0.3) is 0 Å². The predicted molar refractivity (Wildman–Crippen MR) is 73.6 cm³/mol. The molecule has 1 saturated carbocycles. The van der Waals surface area contributed by atoms with E-state index in [2.05, 4.69) is 26.0 Å². The second-order valence-electron chi connectivity index (χ2n) is 5.18. The molecule has 2 N–H and O–H groups in total. The molecule has 3 aliphatic rings. The minimum Gasteiger partial charge on any atom is -0.492 e. The van der Waals surface area contributed by atoms with Gasteiger partial charge in [-0.15, -0.1) is 0 Å². The van der Waals surface area contributed by atoms with Crippen molar-refractivity contribution >= 4 is 18.5 Å². The summed E-state index contributed by atoms with van der Waals surface area (Å²) in [5.74, 6) is 1.65. The van der Waals surface area contributed by atoms with Crippen LogP contribution in [-0.4, -0.2) is 33.7 Å². The highest BCUT2D eigenvalue weighted by Crippen LogP contribution is 2.40. The maximum Gasteiger partial charge on any atom is 0.237 e. The first-order chi connectivity index (χ1) is 9.31. The van der Waals surface area contributed by atoms with Crippen LogP contribution in [0.15, 0.2) is 27.7 Å². The number of aromatic nitrogens is 2. The number of nitrogens with zero attached hydrogens (tertiary/aromatic N) is 3. The summed E-state index contributed by atoms with van der Waals surface area (Å²) in [6, 6.07) is 0. The monoisotopic (exact) mass is 254 g/mol. The Morgan fingerprint density at radius 3 is 3.05 bits per heavy atom. The number of aromatic amines is 1. The molecule has 0 saturated heterocycles. The van der Waals surface area contributed by atoms with Crippen LogP contribution in [-0.2, 0) is 0 Å². The van der Waals surface area contributed by atoms with Gasteiger partial charge in [-0.1, -0.05) is 6.08 Å². The zero-order valence-electron chi connectivity index (χ0n) is 10.3. The second kappa shape index (κ2) is 3.91. The third kappa shape index (κ3) is 1.82. The van der Waals surface area contributed by atoms with Crippen LogP contribution >= 0.6 is 0 Å². The Hall–Kier alpha value is -2.17. The van der Waals surface area contributed by atoms with Gasteiger partial charge >= 0.3 is 0 Å². The van der Waals surface area contributed by atoms with E-state index in [-0.39, 0.29) is 18.0 Å². The normalized spacial score (nSPS) is 30.2. The molecule has 19 heavy (non-hydrogen) atoms. The molecule has 0 bridgehead atoms. The Balaban J connectivity index is 1.66. The molecule has 0 radical (unpaired) electrons. The van der Waals surface area contributed by atoms with Crippen molar-refractivity contribution in [2.75, 3.05) is 0 Å². The molecule has 2 unspecified atom stereocenters. The van der Waals surface area contributed by atoms with Gasteiger partial charge in [-0.05, 0) is 30.6 Å². The third-order valence-corrected chi connectivity index (χ3v) is 3.73. The van der Waals surface area contributed by atoms with Crippen molar-refractivity contribution in [3.05, 3.63) is 29.2 Å². The van der Waals surface area contributed by atoms with Crippen LogP contribution < -0.4 is 0 Å². The van der Waals surface area contributed by atoms with E-state index in [9.17, 15) is 5.11 Å². The number of hydrogen-bond donors (Lipinski definition) is 2. The number of dihydropyridines is 1. The molecular weight excluding hydrogens is 240 g/mol. The molecule has 4 rings (SSSR count). The maximum atomic E-state index is 9.89. The van der Waals surface area contributed by atoms with Crippen molar-refractivity contribution in [1.82, 2.24) is 9.97 Å². The van der Waals surface area contributed by atoms with E-state index in [4.69, 9.17) is 0 Å². The minimum atomic E-state index is -0.0378. The van der Waals surface area contributed by atoms with E-state index in [1.807, 2.05) is 18.4 Å². The summed E-state index contributed by atoms with van der Waals surface area (Å²) >= 11 is 0. The van der Waals surface area contributed by atoms with Crippen molar-refractivity contribution in [2.24, 2.45) is 15.9 Å². The fourth-order valence-electron chi connectivity index (χ4n) is 2.51. The van der Waals surface area contributed by atoms with Crippen molar-refractivity contribution < 1.29 is 5.11 Å². The first-order valence-corrected chi connectivity index (χ1v) is 6.55.